The molecule has 5 heteroatoms. The van der Waals surface area contributed by atoms with Gasteiger partial charge in [0.15, 0.2) is 0 Å². The van der Waals surface area contributed by atoms with Crippen molar-refractivity contribution in [2.75, 3.05) is 20.3 Å². The Hall–Kier alpha value is -1.75. The van der Waals surface area contributed by atoms with Crippen molar-refractivity contribution < 1.29 is 14.3 Å². The summed E-state index contributed by atoms with van der Waals surface area (Å²) < 4.78 is 10.6. The lowest BCUT2D eigenvalue weighted by atomic mass is 10.2. The van der Waals surface area contributed by atoms with Gasteiger partial charge >= 0.3 is 6.03 Å². The van der Waals surface area contributed by atoms with Gasteiger partial charge in [-0.25, -0.2) is 4.79 Å². The van der Waals surface area contributed by atoms with Gasteiger partial charge in [0.05, 0.1) is 13.2 Å². The van der Waals surface area contributed by atoms with E-state index in [4.69, 9.17) is 9.47 Å². The van der Waals surface area contributed by atoms with Gasteiger partial charge in [-0.3, -0.25) is 0 Å². The third-order valence-corrected chi connectivity index (χ3v) is 3.10. The predicted octanol–water partition coefficient (Wildman–Crippen LogP) is 1.67. The second-order valence-electron chi connectivity index (χ2n) is 4.55. The molecule has 19 heavy (non-hydrogen) atoms. The van der Waals surface area contributed by atoms with E-state index in [0.717, 1.165) is 30.8 Å². The molecule has 0 spiro atoms. The first kappa shape index (κ1) is 13.7. The molecule has 1 aromatic rings. The molecule has 1 atom stereocenters. The number of ether oxygens (including phenoxy) is 2. The Balaban J connectivity index is 1.70. The fraction of sp³-hybridized carbons (Fsp3) is 0.500. The number of rotatable bonds is 5. The minimum absolute atomic E-state index is 0.168. The van der Waals surface area contributed by atoms with Crippen molar-refractivity contribution in [1.29, 1.82) is 0 Å². The largest absolute Gasteiger partial charge is 0.497 e. The van der Waals surface area contributed by atoms with E-state index in [1.807, 2.05) is 24.3 Å². The predicted molar refractivity (Wildman–Crippen MR) is 72.2 cm³/mol. The van der Waals surface area contributed by atoms with E-state index in [1.165, 1.54) is 0 Å². The van der Waals surface area contributed by atoms with Crippen LogP contribution in [0.2, 0.25) is 0 Å². The van der Waals surface area contributed by atoms with Gasteiger partial charge in [0.2, 0.25) is 0 Å². The maximum absolute atomic E-state index is 11.6. The number of methoxy groups -OCH3 is 1. The molecule has 0 radical (unpaired) electrons. The van der Waals surface area contributed by atoms with E-state index in [9.17, 15) is 4.79 Å². The summed E-state index contributed by atoms with van der Waals surface area (Å²) in [6.07, 6.45) is 2.27. The topological polar surface area (TPSA) is 59.6 Å². The molecule has 2 rings (SSSR count). The molecular weight excluding hydrogens is 244 g/mol. The SMILES string of the molecule is COc1cccc(CNC(=O)NC[C@@H]2CCCO2)c1. The third-order valence-electron chi connectivity index (χ3n) is 3.10. The molecule has 104 valence electrons. The maximum Gasteiger partial charge on any atom is 0.315 e. The molecule has 1 saturated heterocycles. The summed E-state index contributed by atoms with van der Waals surface area (Å²) in [7, 11) is 1.63. The third kappa shape index (κ3) is 4.44. The lowest BCUT2D eigenvalue weighted by Gasteiger charge is -2.12. The number of amides is 2. The van der Waals surface area contributed by atoms with E-state index in [2.05, 4.69) is 10.6 Å². The molecule has 0 saturated carbocycles. The highest BCUT2D eigenvalue weighted by molar-refractivity contribution is 5.73. The summed E-state index contributed by atoms with van der Waals surface area (Å²) in [5.74, 6) is 0.791. The smallest absolute Gasteiger partial charge is 0.315 e. The Labute approximate surface area is 113 Å². The Morgan fingerprint density at radius 2 is 2.37 bits per heavy atom. The van der Waals surface area contributed by atoms with Gasteiger partial charge in [0.1, 0.15) is 5.75 Å². The molecule has 2 amide bonds. The zero-order chi connectivity index (χ0) is 13.5. The molecule has 0 aromatic heterocycles. The molecule has 1 aliphatic heterocycles. The summed E-state index contributed by atoms with van der Waals surface area (Å²) >= 11 is 0. The van der Waals surface area contributed by atoms with Gasteiger partial charge in [-0.15, -0.1) is 0 Å². The second-order valence-corrected chi connectivity index (χ2v) is 4.55. The van der Waals surface area contributed by atoms with Crippen molar-refractivity contribution in [2.24, 2.45) is 0 Å². The molecule has 0 bridgehead atoms. The fourth-order valence-corrected chi connectivity index (χ4v) is 2.04. The van der Waals surface area contributed by atoms with E-state index in [-0.39, 0.29) is 12.1 Å². The lowest BCUT2D eigenvalue weighted by Crippen LogP contribution is -2.39. The van der Waals surface area contributed by atoms with Crippen LogP contribution in [0.15, 0.2) is 24.3 Å². The Kier molecular flexibility index (Phi) is 5.03. The Morgan fingerprint density at radius 1 is 1.47 bits per heavy atom. The molecule has 0 unspecified atom stereocenters. The van der Waals surface area contributed by atoms with Crippen molar-refractivity contribution in [1.82, 2.24) is 10.6 Å². The van der Waals surface area contributed by atoms with Gasteiger partial charge in [-0.1, -0.05) is 12.1 Å². The molecular formula is C14H20N2O3. The van der Waals surface area contributed by atoms with Crippen LogP contribution in [0.25, 0.3) is 0 Å². The van der Waals surface area contributed by atoms with E-state index < -0.39 is 0 Å². The molecule has 2 N–H and O–H groups in total. The van der Waals surface area contributed by atoms with Gasteiger partial charge < -0.3 is 20.1 Å². The molecule has 1 aromatic carbocycles. The van der Waals surface area contributed by atoms with Crippen LogP contribution in [0.3, 0.4) is 0 Å². The molecule has 1 aliphatic rings. The zero-order valence-electron chi connectivity index (χ0n) is 11.1. The Morgan fingerprint density at radius 3 is 3.11 bits per heavy atom. The zero-order valence-corrected chi connectivity index (χ0v) is 11.1. The number of carbonyl (C=O) groups excluding carboxylic acids is 1. The van der Waals surface area contributed by atoms with E-state index in [1.54, 1.807) is 7.11 Å². The van der Waals surface area contributed by atoms with E-state index in [0.29, 0.717) is 13.1 Å². The van der Waals surface area contributed by atoms with Gasteiger partial charge in [-0.05, 0) is 30.5 Å². The van der Waals surface area contributed by atoms with Crippen molar-refractivity contribution in [2.45, 2.75) is 25.5 Å². The van der Waals surface area contributed by atoms with Crippen molar-refractivity contribution in [3.05, 3.63) is 29.8 Å². The van der Waals surface area contributed by atoms with E-state index >= 15 is 0 Å². The summed E-state index contributed by atoms with van der Waals surface area (Å²) in [6, 6.07) is 7.46. The number of carbonyl (C=O) groups is 1. The second kappa shape index (κ2) is 6.99. The van der Waals surface area contributed by atoms with Crippen LogP contribution in [0.5, 0.6) is 5.75 Å². The van der Waals surface area contributed by atoms with Crippen LogP contribution in [-0.4, -0.2) is 32.4 Å². The fourth-order valence-electron chi connectivity index (χ4n) is 2.04. The minimum Gasteiger partial charge on any atom is -0.497 e. The quantitative estimate of drug-likeness (QED) is 0.850. The Bertz CT molecular complexity index is 417. The van der Waals surface area contributed by atoms with Gasteiger partial charge in [0, 0.05) is 19.7 Å². The molecule has 1 heterocycles. The number of hydrogen-bond acceptors (Lipinski definition) is 3. The summed E-state index contributed by atoms with van der Waals surface area (Å²) in [4.78, 5) is 11.6. The highest BCUT2D eigenvalue weighted by atomic mass is 16.5. The summed E-state index contributed by atoms with van der Waals surface area (Å²) in [6.45, 7) is 1.86. The summed E-state index contributed by atoms with van der Waals surface area (Å²) in [5, 5.41) is 5.63. The van der Waals surface area contributed by atoms with Crippen LogP contribution in [0, 0.1) is 0 Å². The standard InChI is InChI=1S/C14H20N2O3/c1-18-12-5-2-4-11(8-12)9-15-14(17)16-10-13-6-3-7-19-13/h2,4-5,8,13H,3,6-7,9-10H2,1H3,(H2,15,16,17)/t13-/m0/s1. The molecule has 5 nitrogen and oxygen atoms in total. The number of hydrogen-bond donors (Lipinski definition) is 2. The number of urea groups is 1. The first-order valence-corrected chi connectivity index (χ1v) is 6.54. The van der Waals surface area contributed by atoms with Crippen LogP contribution in [-0.2, 0) is 11.3 Å². The molecule has 1 fully saturated rings. The van der Waals surface area contributed by atoms with Crippen molar-refractivity contribution in [3.8, 4) is 5.75 Å². The minimum atomic E-state index is -0.168. The molecule has 0 aliphatic carbocycles. The average molecular weight is 264 g/mol. The first-order valence-electron chi connectivity index (χ1n) is 6.54. The monoisotopic (exact) mass is 264 g/mol. The van der Waals surface area contributed by atoms with Crippen LogP contribution in [0.1, 0.15) is 18.4 Å². The van der Waals surface area contributed by atoms with Gasteiger partial charge in [-0.2, -0.15) is 0 Å². The van der Waals surface area contributed by atoms with Crippen LogP contribution < -0.4 is 15.4 Å². The highest BCUT2D eigenvalue weighted by Crippen LogP contribution is 2.12. The van der Waals surface area contributed by atoms with Crippen LogP contribution >= 0.6 is 0 Å². The van der Waals surface area contributed by atoms with Gasteiger partial charge in [0.25, 0.3) is 0 Å². The highest BCUT2D eigenvalue weighted by Gasteiger charge is 2.15. The summed E-state index contributed by atoms with van der Waals surface area (Å²) in [5.41, 5.74) is 1.01. The van der Waals surface area contributed by atoms with Crippen molar-refractivity contribution in [3.63, 3.8) is 0 Å². The number of benzene rings is 1. The van der Waals surface area contributed by atoms with Crippen molar-refractivity contribution >= 4 is 6.03 Å². The maximum atomic E-state index is 11.6. The first-order chi connectivity index (χ1) is 9.28. The average Bonchev–Trinajstić information content (AvgIpc) is 2.96. The number of nitrogens with one attached hydrogen (secondary N) is 2. The van der Waals surface area contributed by atoms with Crippen LogP contribution in [0.4, 0.5) is 4.79 Å². The normalized spacial score (nSPS) is 18.1. The lowest BCUT2D eigenvalue weighted by molar-refractivity contribution is 0.111.